The summed E-state index contributed by atoms with van der Waals surface area (Å²) in [5.41, 5.74) is 0. The Hall–Kier alpha value is -0.160. The Bertz CT molecular complexity index is 244. The Labute approximate surface area is 117 Å². The maximum absolute atomic E-state index is 5.97. The van der Waals surface area contributed by atoms with Crippen LogP contribution < -0.4 is 5.32 Å². The van der Waals surface area contributed by atoms with Crippen molar-refractivity contribution in [1.82, 2.24) is 10.2 Å². The van der Waals surface area contributed by atoms with Crippen molar-refractivity contribution in [1.29, 1.82) is 0 Å². The van der Waals surface area contributed by atoms with Gasteiger partial charge in [-0.1, -0.05) is 6.92 Å². The highest BCUT2D eigenvalue weighted by Gasteiger charge is 2.24. The molecule has 1 N–H and O–H groups in total. The second kappa shape index (κ2) is 8.20. The van der Waals surface area contributed by atoms with E-state index in [-0.39, 0.29) is 0 Å². The van der Waals surface area contributed by atoms with Crippen LogP contribution in [0.1, 0.15) is 39.5 Å². The van der Waals surface area contributed by atoms with E-state index in [9.17, 15) is 0 Å². The number of nitrogens with zero attached hydrogens (tertiary/aromatic N) is 1. The summed E-state index contributed by atoms with van der Waals surface area (Å²) in [7, 11) is 0. The fourth-order valence-corrected chi connectivity index (χ4v) is 3.04. The molecule has 2 atom stereocenters. The Balaban J connectivity index is 1.60. The van der Waals surface area contributed by atoms with E-state index in [1.54, 1.807) is 0 Å². The molecule has 2 saturated heterocycles. The van der Waals surface area contributed by atoms with E-state index >= 15 is 0 Å². The Morgan fingerprint density at radius 3 is 2.84 bits per heavy atom. The summed E-state index contributed by atoms with van der Waals surface area (Å²) in [6.45, 7) is 10.7. The van der Waals surface area contributed by atoms with Crippen molar-refractivity contribution in [3.8, 4) is 0 Å². The second-order valence-electron chi connectivity index (χ2n) is 5.87. The summed E-state index contributed by atoms with van der Waals surface area (Å²) in [5.74, 6) is 0. The van der Waals surface area contributed by atoms with Gasteiger partial charge < -0.3 is 14.8 Å². The summed E-state index contributed by atoms with van der Waals surface area (Å²) >= 11 is 0. The van der Waals surface area contributed by atoms with Gasteiger partial charge in [0.1, 0.15) is 0 Å². The molecule has 4 nitrogen and oxygen atoms in total. The van der Waals surface area contributed by atoms with E-state index in [2.05, 4.69) is 24.1 Å². The van der Waals surface area contributed by atoms with Crippen molar-refractivity contribution in [3.63, 3.8) is 0 Å². The first-order valence-electron chi connectivity index (χ1n) is 7.97. The first-order valence-corrected chi connectivity index (χ1v) is 7.97. The van der Waals surface area contributed by atoms with E-state index in [1.807, 2.05) is 0 Å². The highest BCUT2D eigenvalue weighted by atomic mass is 16.5. The maximum Gasteiger partial charge on any atom is 0.0674 e. The van der Waals surface area contributed by atoms with Gasteiger partial charge in [0.2, 0.25) is 0 Å². The van der Waals surface area contributed by atoms with Crippen LogP contribution >= 0.6 is 0 Å². The van der Waals surface area contributed by atoms with E-state index < -0.39 is 0 Å². The summed E-state index contributed by atoms with van der Waals surface area (Å²) in [6, 6.07) is 0.607. The lowest BCUT2D eigenvalue weighted by Crippen LogP contribution is -2.48. The van der Waals surface area contributed by atoms with Crippen LogP contribution in [0.5, 0.6) is 0 Å². The monoisotopic (exact) mass is 270 g/mol. The number of rotatable bonds is 6. The third-order valence-corrected chi connectivity index (χ3v) is 4.28. The van der Waals surface area contributed by atoms with Crippen molar-refractivity contribution in [2.24, 2.45) is 0 Å². The highest BCUT2D eigenvalue weighted by Crippen LogP contribution is 2.15. The van der Waals surface area contributed by atoms with Gasteiger partial charge in [-0.25, -0.2) is 0 Å². The minimum atomic E-state index is 0.383. The normalized spacial score (nSPS) is 30.6. The summed E-state index contributed by atoms with van der Waals surface area (Å²) in [5, 5.41) is 3.37. The minimum absolute atomic E-state index is 0.383. The average Bonchev–Trinajstić information content (AvgIpc) is 2.45. The Morgan fingerprint density at radius 1 is 1.32 bits per heavy atom. The average molecular weight is 270 g/mol. The minimum Gasteiger partial charge on any atom is -0.378 e. The van der Waals surface area contributed by atoms with E-state index in [0.29, 0.717) is 18.2 Å². The van der Waals surface area contributed by atoms with Crippen LogP contribution in [-0.2, 0) is 9.47 Å². The molecule has 0 spiro atoms. The van der Waals surface area contributed by atoms with Crippen molar-refractivity contribution in [3.05, 3.63) is 0 Å². The van der Waals surface area contributed by atoms with Crippen LogP contribution in [0.4, 0.5) is 0 Å². The fraction of sp³-hybridized carbons (Fsp3) is 1.00. The molecule has 2 fully saturated rings. The van der Waals surface area contributed by atoms with Crippen LogP contribution in [-0.4, -0.2) is 62.5 Å². The predicted octanol–water partition coefficient (Wildman–Crippen LogP) is 1.64. The molecule has 2 unspecified atom stereocenters. The van der Waals surface area contributed by atoms with Crippen molar-refractivity contribution >= 4 is 0 Å². The molecule has 0 bridgehead atoms. The van der Waals surface area contributed by atoms with Crippen molar-refractivity contribution < 1.29 is 9.47 Å². The van der Waals surface area contributed by atoms with Gasteiger partial charge >= 0.3 is 0 Å². The van der Waals surface area contributed by atoms with Gasteiger partial charge in [-0.05, 0) is 45.7 Å². The van der Waals surface area contributed by atoms with E-state index in [4.69, 9.17) is 9.47 Å². The Kier molecular flexibility index (Phi) is 6.57. The highest BCUT2D eigenvalue weighted by molar-refractivity contribution is 4.77. The second-order valence-corrected chi connectivity index (χ2v) is 5.87. The van der Waals surface area contributed by atoms with Crippen LogP contribution in [0.15, 0.2) is 0 Å². The van der Waals surface area contributed by atoms with Gasteiger partial charge in [0.15, 0.2) is 0 Å². The summed E-state index contributed by atoms with van der Waals surface area (Å²) in [6.07, 6.45) is 5.55. The van der Waals surface area contributed by atoms with Crippen molar-refractivity contribution in [2.75, 3.05) is 39.4 Å². The topological polar surface area (TPSA) is 33.7 Å². The smallest absolute Gasteiger partial charge is 0.0674 e. The van der Waals surface area contributed by atoms with E-state index in [0.717, 1.165) is 45.8 Å². The molecule has 2 rings (SSSR count). The standard InChI is InChI=1S/C15H30N2O2/c1-3-14-12-19-13(2)11-17(14)9-4-10-18-15-5-7-16-8-6-15/h13-16H,3-12H2,1-2H3. The first kappa shape index (κ1) is 15.2. The van der Waals surface area contributed by atoms with Crippen LogP contribution in [0.2, 0.25) is 0 Å². The zero-order chi connectivity index (χ0) is 13.5. The van der Waals surface area contributed by atoms with Crippen LogP contribution in [0.25, 0.3) is 0 Å². The first-order chi connectivity index (χ1) is 9.29. The maximum atomic E-state index is 5.97. The number of ether oxygens (including phenoxy) is 2. The molecule has 0 saturated carbocycles. The number of hydrogen-bond donors (Lipinski definition) is 1. The van der Waals surface area contributed by atoms with E-state index in [1.165, 1.54) is 19.3 Å². The van der Waals surface area contributed by atoms with Gasteiger partial charge in [-0.15, -0.1) is 0 Å². The zero-order valence-corrected chi connectivity index (χ0v) is 12.6. The fourth-order valence-electron chi connectivity index (χ4n) is 3.04. The molecule has 2 heterocycles. The van der Waals surface area contributed by atoms with Crippen LogP contribution in [0, 0.1) is 0 Å². The van der Waals surface area contributed by atoms with Gasteiger partial charge in [0.05, 0.1) is 18.8 Å². The number of nitrogens with one attached hydrogen (secondary N) is 1. The third-order valence-electron chi connectivity index (χ3n) is 4.28. The lowest BCUT2D eigenvalue weighted by molar-refractivity contribution is -0.0596. The zero-order valence-electron chi connectivity index (χ0n) is 12.6. The van der Waals surface area contributed by atoms with Gasteiger partial charge in [-0.3, -0.25) is 4.90 Å². The quantitative estimate of drug-likeness (QED) is 0.744. The molecule has 0 aromatic rings. The third kappa shape index (κ3) is 5.03. The number of hydrogen-bond acceptors (Lipinski definition) is 4. The summed E-state index contributed by atoms with van der Waals surface area (Å²) in [4.78, 5) is 2.58. The molecule has 0 aromatic carbocycles. The lowest BCUT2D eigenvalue weighted by Gasteiger charge is -2.38. The molecule has 0 aromatic heterocycles. The van der Waals surface area contributed by atoms with Gasteiger partial charge in [-0.2, -0.15) is 0 Å². The van der Waals surface area contributed by atoms with Gasteiger partial charge in [0, 0.05) is 25.7 Å². The number of morpholine rings is 1. The molecule has 4 heteroatoms. The van der Waals surface area contributed by atoms with Crippen molar-refractivity contribution in [2.45, 2.75) is 57.8 Å². The molecule has 19 heavy (non-hydrogen) atoms. The molecule has 2 aliphatic rings. The molecular formula is C15H30N2O2. The molecule has 2 aliphatic heterocycles. The predicted molar refractivity (Wildman–Crippen MR) is 77.5 cm³/mol. The molecule has 112 valence electrons. The summed E-state index contributed by atoms with van der Waals surface area (Å²) < 4.78 is 11.7. The largest absolute Gasteiger partial charge is 0.378 e. The molecule has 0 radical (unpaired) electrons. The Morgan fingerprint density at radius 2 is 2.11 bits per heavy atom. The number of piperidine rings is 1. The molecular weight excluding hydrogens is 240 g/mol. The molecule has 0 amide bonds. The SMILES string of the molecule is CCC1COC(C)CN1CCCOC1CCNCC1. The lowest BCUT2D eigenvalue weighted by atomic mass is 10.1. The van der Waals surface area contributed by atoms with Crippen LogP contribution in [0.3, 0.4) is 0 Å². The molecule has 0 aliphatic carbocycles. The van der Waals surface area contributed by atoms with Gasteiger partial charge in [0.25, 0.3) is 0 Å².